The van der Waals surface area contributed by atoms with Crippen molar-refractivity contribution >= 4 is 32.3 Å². The maximum Gasteiger partial charge on any atom is 0.191 e. The fourth-order valence-electron chi connectivity index (χ4n) is 2.45. The lowest BCUT2D eigenvalue weighted by Crippen LogP contribution is -2.06. The van der Waals surface area contributed by atoms with E-state index in [9.17, 15) is 12.8 Å². The van der Waals surface area contributed by atoms with Crippen molar-refractivity contribution < 1.29 is 12.8 Å². The van der Waals surface area contributed by atoms with Gasteiger partial charge in [0, 0.05) is 17.3 Å². The molecule has 1 heterocycles. The lowest BCUT2D eigenvalue weighted by molar-refractivity contribution is 0.596. The van der Waals surface area contributed by atoms with Crippen LogP contribution in [0.15, 0.2) is 47.5 Å². The number of hydrogen-bond donors (Lipinski definition) is 0. The molecule has 0 saturated heterocycles. The van der Waals surface area contributed by atoms with Crippen LogP contribution in [0.5, 0.6) is 0 Å². The molecular formula is C16H13ClFNO2S. The average Bonchev–Trinajstić information content (AvgIpc) is 2.80. The topological polar surface area (TPSA) is 39.1 Å². The Balaban J connectivity index is 2.43. The van der Waals surface area contributed by atoms with Crippen molar-refractivity contribution in [2.45, 2.75) is 11.9 Å². The zero-order valence-electron chi connectivity index (χ0n) is 12.0. The van der Waals surface area contributed by atoms with Crippen LogP contribution in [0.25, 0.3) is 16.6 Å². The fourth-order valence-corrected chi connectivity index (χ4v) is 3.50. The second-order valence-corrected chi connectivity index (χ2v) is 7.62. The van der Waals surface area contributed by atoms with Crippen LogP contribution in [-0.2, 0) is 9.84 Å². The van der Waals surface area contributed by atoms with Crippen LogP contribution in [0.2, 0.25) is 5.02 Å². The third-order valence-corrected chi connectivity index (χ3v) is 4.82. The quantitative estimate of drug-likeness (QED) is 0.705. The van der Waals surface area contributed by atoms with Crippen molar-refractivity contribution in [3.8, 4) is 5.69 Å². The van der Waals surface area contributed by atoms with Gasteiger partial charge in [-0.25, -0.2) is 12.8 Å². The molecule has 3 rings (SSSR count). The minimum absolute atomic E-state index is 0.0496. The number of nitrogens with zero attached hydrogens (tertiary/aromatic N) is 1. The second kappa shape index (κ2) is 5.11. The van der Waals surface area contributed by atoms with Crippen molar-refractivity contribution in [1.82, 2.24) is 4.57 Å². The van der Waals surface area contributed by atoms with Crippen LogP contribution in [-0.4, -0.2) is 19.2 Å². The summed E-state index contributed by atoms with van der Waals surface area (Å²) in [5.41, 5.74) is 2.25. The van der Waals surface area contributed by atoms with Crippen LogP contribution in [0.1, 0.15) is 5.56 Å². The molecule has 2 aromatic carbocycles. The van der Waals surface area contributed by atoms with E-state index in [0.717, 1.165) is 22.7 Å². The molecule has 22 heavy (non-hydrogen) atoms. The molecule has 0 fully saturated rings. The Morgan fingerprint density at radius 3 is 2.45 bits per heavy atom. The Hall–Kier alpha value is -1.85. The monoisotopic (exact) mass is 337 g/mol. The number of rotatable bonds is 2. The molecule has 0 aliphatic rings. The number of fused-ring (bicyclic) bond motifs is 1. The van der Waals surface area contributed by atoms with E-state index in [2.05, 4.69) is 0 Å². The number of sulfone groups is 1. The van der Waals surface area contributed by atoms with Gasteiger partial charge in [-0.05, 0) is 42.8 Å². The molecule has 1 aromatic heterocycles. The van der Waals surface area contributed by atoms with Gasteiger partial charge >= 0.3 is 0 Å². The first-order valence-electron chi connectivity index (χ1n) is 6.55. The summed E-state index contributed by atoms with van der Waals surface area (Å²) >= 11 is 5.84. The molecule has 0 bridgehead atoms. The van der Waals surface area contributed by atoms with Gasteiger partial charge in [-0.1, -0.05) is 23.7 Å². The highest BCUT2D eigenvalue weighted by molar-refractivity contribution is 7.90. The van der Waals surface area contributed by atoms with Crippen LogP contribution in [0.3, 0.4) is 0 Å². The van der Waals surface area contributed by atoms with E-state index in [1.165, 1.54) is 18.2 Å². The lowest BCUT2D eigenvalue weighted by atomic mass is 10.2. The zero-order chi connectivity index (χ0) is 16.1. The molecule has 0 N–H and O–H groups in total. The van der Waals surface area contributed by atoms with E-state index in [0.29, 0.717) is 5.69 Å². The highest BCUT2D eigenvalue weighted by Gasteiger charge is 2.19. The molecule has 0 saturated carbocycles. The second-order valence-electron chi connectivity index (χ2n) is 5.25. The van der Waals surface area contributed by atoms with Crippen molar-refractivity contribution in [2.75, 3.05) is 6.26 Å². The molecule has 3 aromatic rings. The largest absolute Gasteiger partial charge is 0.300 e. The highest BCUT2D eigenvalue weighted by Crippen LogP contribution is 2.30. The zero-order valence-corrected chi connectivity index (χ0v) is 13.5. The maximum absolute atomic E-state index is 13.4. The molecule has 0 aliphatic carbocycles. The van der Waals surface area contributed by atoms with Gasteiger partial charge in [-0.2, -0.15) is 0 Å². The molecule has 0 radical (unpaired) electrons. The molecule has 0 unspecified atom stereocenters. The molecular weight excluding hydrogens is 325 g/mol. The number of aromatic nitrogens is 1. The Morgan fingerprint density at radius 2 is 1.82 bits per heavy atom. The van der Waals surface area contributed by atoms with Gasteiger partial charge in [0.15, 0.2) is 9.84 Å². The summed E-state index contributed by atoms with van der Waals surface area (Å²) in [6.45, 7) is 1.93. The van der Waals surface area contributed by atoms with Gasteiger partial charge in [-0.15, -0.1) is 0 Å². The summed E-state index contributed by atoms with van der Waals surface area (Å²) in [6.07, 6.45) is 1.15. The Bertz CT molecular complexity index is 993. The predicted octanol–water partition coefficient (Wildman–Crippen LogP) is 4.13. The molecule has 114 valence electrons. The predicted molar refractivity (Wildman–Crippen MR) is 86.1 cm³/mol. The molecule has 0 aliphatic heterocycles. The molecule has 0 amide bonds. The molecule has 0 spiro atoms. The van der Waals surface area contributed by atoms with Crippen molar-refractivity contribution in [3.63, 3.8) is 0 Å². The first-order valence-corrected chi connectivity index (χ1v) is 8.82. The number of halogens is 2. The first-order chi connectivity index (χ1) is 10.3. The van der Waals surface area contributed by atoms with Crippen LogP contribution >= 0.6 is 11.6 Å². The van der Waals surface area contributed by atoms with Gasteiger partial charge in [0.05, 0.1) is 10.5 Å². The van der Waals surface area contributed by atoms with Gasteiger partial charge in [0.2, 0.25) is 0 Å². The molecule has 6 heteroatoms. The fraction of sp³-hybridized carbons (Fsp3) is 0.125. The van der Waals surface area contributed by atoms with Gasteiger partial charge in [0.25, 0.3) is 0 Å². The van der Waals surface area contributed by atoms with E-state index in [1.54, 1.807) is 10.6 Å². The van der Waals surface area contributed by atoms with Crippen LogP contribution < -0.4 is 0 Å². The van der Waals surface area contributed by atoms with E-state index in [-0.39, 0.29) is 10.0 Å². The molecule has 3 nitrogen and oxygen atoms in total. The Labute approximate surface area is 132 Å². The third kappa shape index (κ3) is 2.51. The van der Waals surface area contributed by atoms with Crippen molar-refractivity contribution in [3.05, 3.63) is 58.9 Å². The number of hydrogen-bond acceptors (Lipinski definition) is 2. The van der Waals surface area contributed by atoms with E-state index in [4.69, 9.17) is 11.6 Å². The first kappa shape index (κ1) is 15.1. The summed E-state index contributed by atoms with van der Waals surface area (Å²) in [4.78, 5) is 0. The summed E-state index contributed by atoms with van der Waals surface area (Å²) in [6, 6.07) is 11.4. The van der Waals surface area contributed by atoms with Gasteiger partial charge < -0.3 is 4.57 Å². The van der Waals surface area contributed by atoms with Gasteiger partial charge in [0.1, 0.15) is 10.8 Å². The summed E-state index contributed by atoms with van der Waals surface area (Å²) < 4.78 is 39.2. The third-order valence-electron chi connectivity index (χ3n) is 3.47. The van der Waals surface area contributed by atoms with Crippen molar-refractivity contribution in [2.24, 2.45) is 0 Å². The molecule has 0 atom stereocenters. The normalized spacial score (nSPS) is 12.0. The Kier molecular flexibility index (Phi) is 3.50. The smallest absolute Gasteiger partial charge is 0.191 e. The lowest BCUT2D eigenvalue weighted by Gasteiger charge is -2.11. The van der Waals surface area contributed by atoms with Crippen LogP contribution in [0.4, 0.5) is 4.39 Å². The minimum Gasteiger partial charge on any atom is -0.300 e. The van der Waals surface area contributed by atoms with E-state index >= 15 is 0 Å². The minimum atomic E-state index is -3.45. The van der Waals surface area contributed by atoms with Gasteiger partial charge in [-0.3, -0.25) is 0 Å². The van der Waals surface area contributed by atoms with E-state index in [1.807, 2.05) is 25.1 Å². The number of benzene rings is 2. The Morgan fingerprint density at radius 1 is 1.09 bits per heavy atom. The van der Waals surface area contributed by atoms with E-state index < -0.39 is 15.7 Å². The summed E-state index contributed by atoms with van der Waals surface area (Å²) in [5, 5.41) is 0.897. The van der Waals surface area contributed by atoms with Crippen molar-refractivity contribution in [1.29, 1.82) is 0 Å². The SMILES string of the molecule is Cc1ccc2cc(S(C)(=O)=O)n(-c3ccc(F)c(Cl)c3)c2c1. The summed E-state index contributed by atoms with van der Waals surface area (Å²) in [5.74, 6) is -0.543. The van der Waals surface area contributed by atoms with Crippen LogP contribution in [0, 0.1) is 12.7 Å². The summed E-state index contributed by atoms with van der Waals surface area (Å²) in [7, 11) is -3.45. The maximum atomic E-state index is 13.4. The average molecular weight is 338 g/mol. The standard InChI is InChI=1S/C16H13ClFNO2S/c1-10-3-4-11-8-16(22(2,20)21)19(15(11)7-10)12-5-6-14(18)13(17)9-12/h3-9H,1-2H3. The highest BCUT2D eigenvalue weighted by atomic mass is 35.5. The number of aryl methyl sites for hydroxylation is 1.